The molecule has 1 atom stereocenters. The first kappa shape index (κ1) is 11.4. The largest absolute Gasteiger partial charge is 0.462 e. The molecule has 1 aliphatic heterocycles. The van der Waals surface area contributed by atoms with E-state index in [9.17, 15) is 4.79 Å². The molecule has 0 aromatic rings. The molecule has 0 spiro atoms. The van der Waals surface area contributed by atoms with E-state index in [2.05, 4.69) is 5.32 Å². The number of alkyl halides is 3. The van der Waals surface area contributed by atoms with Crippen molar-refractivity contribution >= 4 is 40.8 Å². The van der Waals surface area contributed by atoms with E-state index in [1.165, 1.54) is 0 Å². The summed E-state index contributed by atoms with van der Waals surface area (Å²) in [4.78, 5) is 11.0. The Morgan fingerprint density at radius 3 is 2.69 bits per heavy atom. The summed E-state index contributed by atoms with van der Waals surface area (Å²) < 4.78 is 2.86. The summed E-state index contributed by atoms with van der Waals surface area (Å²) in [5, 5.41) is 3.14. The first-order chi connectivity index (χ1) is 6.00. The van der Waals surface area contributed by atoms with Crippen molar-refractivity contribution in [2.75, 3.05) is 19.7 Å². The highest BCUT2D eigenvalue weighted by molar-refractivity contribution is 6.75. The van der Waals surface area contributed by atoms with Gasteiger partial charge in [-0.2, -0.15) is 0 Å². The molecule has 13 heavy (non-hydrogen) atoms. The standard InChI is InChI=1S/C7H10Cl3NO2/c8-7(9,10)6(12)13-4-5-1-2-11-3-5/h5,11H,1-4H2/t5-/m1/s1. The van der Waals surface area contributed by atoms with Gasteiger partial charge in [-0.1, -0.05) is 34.8 Å². The molecule has 0 saturated carbocycles. The van der Waals surface area contributed by atoms with Gasteiger partial charge in [-0.3, -0.25) is 0 Å². The molecule has 1 aliphatic rings. The summed E-state index contributed by atoms with van der Waals surface area (Å²) in [6.07, 6.45) is 0.993. The molecule has 76 valence electrons. The van der Waals surface area contributed by atoms with Crippen LogP contribution in [0, 0.1) is 5.92 Å². The Hall–Kier alpha value is 0.300. The fourth-order valence-corrected chi connectivity index (χ4v) is 1.30. The lowest BCUT2D eigenvalue weighted by Crippen LogP contribution is -2.25. The van der Waals surface area contributed by atoms with Crippen molar-refractivity contribution in [3.63, 3.8) is 0 Å². The van der Waals surface area contributed by atoms with Crippen LogP contribution in [0.4, 0.5) is 0 Å². The summed E-state index contributed by atoms with van der Waals surface area (Å²) in [5.41, 5.74) is 0. The fraction of sp³-hybridized carbons (Fsp3) is 0.857. The Balaban J connectivity index is 2.22. The van der Waals surface area contributed by atoms with Crippen molar-refractivity contribution in [3.05, 3.63) is 0 Å². The summed E-state index contributed by atoms with van der Waals surface area (Å²) in [7, 11) is 0. The number of halogens is 3. The Kier molecular flexibility index (Phi) is 4.10. The van der Waals surface area contributed by atoms with Crippen molar-refractivity contribution in [1.29, 1.82) is 0 Å². The molecule has 0 aliphatic carbocycles. The minimum absolute atomic E-state index is 0.319. The predicted molar refractivity (Wildman–Crippen MR) is 52.2 cm³/mol. The van der Waals surface area contributed by atoms with Gasteiger partial charge in [0, 0.05) is 12.5 Å². The second-order valence-corrected chi connectivity index (χ2v) is 5.24. The van der Waals surface area contributed by atoms with E-state index in [1.807, 2.05) is 0 Å². The van der Waals surface area contributed by atoms with Gasteiger partial charge in [-0.25, -0.2) is 4.79 Å². The van der Waals surface area contributed by atoms with E-state index in [4.69, 9.17) is 39.5 Å². The molecule has 1 heterocycles. The van der Waals surface area contributed by atoms with Gasteiger partial charge in [0.15, 0.2) is 0 Å². The highest BCUT2D eigenvalue weighted by Crippen LogP contribution is 2.27. The van der Waals surface area contributed by atoms with Gasteiger partial charge in [0.25, 0.3) is 3.79 Å². The Morgan fingerprint density at radius 2 is 2.23 bits per heavy atom. The van der Waals surface area contributed by atoms with Crippen LogP contribution in [0.2, 0.25) is 0 Å². The second-order valence-electron chi connectivity index (χ2n) is 2.96. The maximum atomic E-state index is 11.0. The molecule has 3 nitrogen and oxygen atoms in total. The third-order valence-corrected chi connectivity index (χ3v) is 2.31. The highest BCUT2D eigenvalue weighted by Gasteiger charge is 2.33. The quantitative estimate of drug-likeness (QED) is 0.593. The van der Waals surface area contributed by atoms with Crippen LogP contribution in [0.25, 0.3) is 0 Å². The Morgan fingerprint density at radius 1 is 1.54 bits per heavy atom. The Labute approximate surface area is 91.7 Å². The van der Waals surface area contributed by atoms with Crippen LogP contribution in [-0.2, 0) is 9.53 Å². The number of esters is 1. The van der Waals surface area contributed by atoms with E-state index in [-0.39, 0.29) is 0 Å². The zero-order valence-corrected chi connectivity index (χ0v) is 9.12. The molecule has 1 rings (SSSR count). The smallest absolute Gasteiger partial charge is 0.358 e. The minimum atomic E-state index is -1.95. The molecule has 0 bridgehead atoms. The molecule has 0 unspecified atom stereocenters. The van der Waals surface area contributed by atoms with Gasteiger partial charge >= 0.3 is 5.97 Å². The molecular weight excluding hydrogens is 236 g/mol. The zero-order valence-electron chi connectivity index (χ0n) is 6.86. The number of hydrogen-bond acceptors (Lipinski definition) is 3. The highest BCUT2D eigenvalue weighted by atomic mass is 35.6. The average molecular weight is 247 g/mol. The van der Waals surface area contributed by atoms with E-state index < -0.39 is 9.76 Å². The average Bonchev–Trinajstić information content (AvgIpc) is 2.50. The lowest BCUT2D eigenvalue weighted by Gasteiger charge is -2.13. The molecule has 0 aromatic carbocycles. The number of rotatable bonds is 2. The Bertz CT molecular complexity index is 187. The topological polar surface area (TPSA) is 38.3 Å². The third-order valence-electron chi connectivity index (χ3n) is 1.84. The molecule has 0 aromatic heterocycles. The van der Waals surface area contributed by atoms with Crippen molar-refractivity contribution in [2.45, 2.75) is 10.2 Å². The SMILES string of the molecule is O=C(OC[C@@H]1CCNC1)C(Cl)(Cl)Cl. The number of ether oxygens (including phenoxy) is 1. The first-order valence-corrected chi connectivity index (χ1v) is 5.08. The van der Waals surface area contributed by atoms with Crippen LogP contribution in [0.5, 0.6) is 0 Å². The van der Waals surface area contributed by atoms with Gasteiger partial charge in [0.2, 0.25) is 0 Å². The second kappa shape index (κ2) is 4.69. The van der Waals surface area contributed by atoms with Crippen LogP contribution in [0.1, 0.15) is 6.42 Å². The lowest BCUT2D eigenvalue weighted by molar-refractivity contribution is -0.143. The van der Waals surface area contributed by atoms with Crippen molar-refractivity contribution < 1.29 is 9.53 Å². The molecule has 1 fully saturated rings. The van der Waals surface area contributed by atoms with E-state index in [1.54, 1.807) is 0 Å². The maximum absolute atomic E-state index is 11.0. The van der Waals surface area contributed by atoms with Crippen molar-refractivity contribution in [3.8, 4) is 0 Å². The van der Waals surface area contributed by atoms with Crippen LogP contribution in [0.15, 0.2) is 0 Å². The minimum Gasteiger partial charge on any atom is -0.462 e. The van der Waals surface area contributed by atoms with Gasteiger partial charge < -0.3 is 10.1 Å². The zero-order chi connectivity index (χ0) is 9.90. The molecule has 0 amide bonds. The fourth-order valence-electron chi connectivity index (χ4n) is 1.13. The molecule has 0 radical (unpaired) electrons. The number of carbonyl (C=O) groups excluding carboxylic acids is 1. The summed E-state index contributed by atoms with van der Waals surface area (Å²) in [6, 6.07) is 0. The normalized spacial score (nSPS) is 23.2. The summed E-state index contributed by atoms with van der Waals surface area (Å²) in [5.74, 6) is -0.458. The van der Waals surface area contributed by atoms with Crippen LogP contribution < -0.4 is 5.32 Å². The van der Waals surface area contributed by atoms with Crippen LogP contribution >= 0.6 is 34.8 Å². The number of hydrogen-bond donors (Lipinski definition) is 1. The molecular formula is C7H10Cl3NO2. The monoisotopic (exact) mass is 245 g/mol. The van der Waals surface area contributed by atoms with Gasteiger partial charge in [0.1, 0.15) is 0 Å². The lowest BCUT2D eigenvalue weighted by atomic mass is 10.1. The predicted octanol–water partition coefficient (Wildman–Crippen LogP) is 1.51. The summed E-state index contributed by atoms with van der Waals surface area (Å²) in [6.45, 7) is 2.13. The van der Waals surface area contributed by atoms with E-state index >= 15 is 0 Å². The van der Waals surface area contributed by atoms with Crippen LogP contribution in [0.3, 0.4) is 0 Å². The van der Waals surface area contributed by atoms with E-state index in [0.717, 1.165) is 19.5 Å². The van der Waals surface area contributed by atoms with Crippen molar-refractivity contribution in [1.82, 2.24) is 5.32 Å². The van der Waals surface area contributed by atoms with Crippen molar-refractivity contribution in [2.24, 2.45) is 5.92 Å². The third kappa shape index (κ3) is 3.90. The molecule has 1 saturated heterocycles. The van der Waals surface area contributed by atoms with Gasteiger partial charge in [0.05, 0.1) is 6.61 Å². The maximum Gasteiger partial charge on any atom is 0.358 e. The molecule has 6 heteroatoms. The van der Waals surface area contributed by atoms with Gasteiger partial charge in [-0.05, 0) is 13.0 Å². The summed E-state index contributed by atoms with van der Waals surface area (Å²) >= 11 is 15.9. The number of nitrogens with one attached hydrogen (secondary N) is 1. The molecule has 1 N–H and O–H groups in total. The van der Waals surface area contributed by atoms with E-state index in [0.29, 0.717) is 12.5 Å². The van der Waals surface area contributed by atoms with Crippen LogP contribution in [-0.4, -0.2) is 29.5 Å². The number of carbonyl (C=O) groups is 1. The van der Waals surface area contributed by atoms with Gasteiger partial charge in [-0.15, -0.1) is 0 Å². The first-order valence-electron chi connectivity index (χ1n) is 3.95.